The molecule has 6 nitrogen and oxygen atoms in total. The first-order valence-corrected chi connectivity index (χ1v) is 10.1. The first-order chi connectivity index (χ1) is 14.0. The molecular weight excluding hydrogens is 368 g/mol. The van der Waals surface area contributed by atoms with Gasteiger partial charge >= 0.3 is 0 Å². The van der Waals surface area contributed by atoms with Crippen LogP contribution in [0.25, 0.3) is 0 Å². The molecule has 152 valence electrons. The van der Waals surface area contributed by atoms with E-state index in [1.807, 2.05) is 49.1 Å². The maximum atomic E-state index is 12.8. The number of anilines is 1. The number of carbonyl (C=O) groups is 2. The van der Waals surface area contributed by atoms with Gasteiger partial charge < -0.3 is 19.7 Å². The van der Waals surface area contributed by atoms with Gasteiger partial charge in [-0.05, 0) is 62.1 Å². The molecule has 0 unspecified atom stereocenters. The molecule has 1 fully saturated rings. The normalized spacial score (nSPS) is 16.4. The van der Waals surface area contributed by atoms with E-state index in [1.54, 1.807) is 6.07 Å². The summed E-state index contributed by atoms with van der Waals surface area (Å²) >= 11 is 0. The molecule has 0 saturated carbocycles. The number of ether oxygens (including phenoxy) is 2. The van der Waals surface area contributed by atoms with Crippen LogP contribution < -0.4 is 14.8 Å². The highest BCUT2D eigenvalue weighted by Gasteiger charge is 2.28. The molecule has 2 aliphatic rings. The lowest BCUT2D eigenvalue weighted by atomic mass is 9.95. The molecule has 2 aromatic rings. The zero-order valence-corrected chi connectivity index (χ0v) is 16.9. The van der Waals surface area contributed by atoms with Gasteiger partial charge in [-0.3, -0.25) is 9.59 Å². The lowest BCUT2D eigenvalue weighted by molar-refractivity contribution is -0.121. The molecule has 2 aliphatic heterocycles. The summed E-state index contributed by atoms with van der Waals surface area (Å²) < 4.78 is 11.1. The van der Waals surface area contributed by atoms with Crippen molar-refractivity contribution in [2.75, 3.05) is 31.6 Å². The van der Waals surface area contributed by atoms with E-state index in [1.165, 1.54) is 5.56 Å². The van der Waals surface area contributed by atoms with E-state index in [-0.39, 0.29) is 17.7 Å². The molecule has 0 aromatic heterocycles. The Morgan fingerprint density at radius 2 is 1.66 bits per heavy atom. The molecule has 2 aromatic carbocycles. The molecule has 1 saturated heterocycles. The van der Waals surface area contributed by atoms with Crippen molar-refractivity contribution < 1.29 is 19.1 Å². The molecule has 29 heavy (non-hydrogen) atoms. The van der Waals surface area contributed by atoms with Gasteiger partial charge in [0.15, 0.2) is 11.5 Å². The highest BCUT2D eigenvalue weighted by atomic mass is 16.6. The maximum Gasteiger partial charge on any atom is 0.253 e. The number of likely N-dealkylation sites (tertiary alicyclic amines) is 1. The number of hydrogen-bond donors (Lipinski definition) is 1. The van der Waals surface area contributed by atoms with E-state index < -0.39 is 0 Å². The number of carbonyl (C=O) groups excluding carboxylic acids is 2. The third-order valence-electron chi connectivity index (χ3n) is 5.72. The van der Waals surface area contributed by atoms with Crippen LogP contribution in [0.15, 0.2) is 36.4 Å². The number of hydrogen-bond acceptors (Lipinski definition) is 4. The largest absolute Gasteiger partial charge is 0.486 e. The zero-order chi connectivity index (χ0) is 20.4. The Balaban J connectivity index is 1.33. The Hall–Kier alpha value is -3.02. The average molecular weight is 394 g/mol. The predicted molar refractivity (Wildman–Crippen MR) is 111 cm³/mol. The van der Waals surface area contributed by atoms with Crippen molar-refractivity contribution in [3.63, 3.8) is 0 Å². The summed E-state index contributed by atoms with van der Waals surface area (Å²) in [5, 5.41) is 2.97. The van der Waals surface area contributed by atoms with Crippen LogP contribution in [-0.4, -0.2) is 43.0 Å². The summed E-state index contributed by atoms with van der Waals surface area (Å²) in [7, 11) is 0. The minimum Gasteiger partial charge on any atom is -0.486 e. The van der Waals surface area contributed by atoms with Crippen LogP contribution >= 0.6 is 0 Å². The smallest absolute Gasteiger partial charge is 0.253 e. The second-order valence-electron chi connectivity index (χ2n) is 7.71. The van der Waals surface area contributed by atoms with Gasteiger partial charge in [0.1, 0.15) is 13.2 Å². The molecule has 0 spiro atoms. The summed E-state index contributed by atoms with van der Waals surface area (Å²) in [6.45, 7) is 6.28. The fraction of sp³-hybridized carbons (Fsp3) is 0.391. The van der Waals surface area contributed by atoms with Crippen molar-refractivity contribution in [3.8, 4) is 11.5 Å². The van der Waals surface area contributed by atoms with Crippen molar-refractivity contribution >= 4 is 17.5 Å². The molecule has 2 amide bonds. The van der Waals surface area contributed by atoms with E-state index in [0.29, 0.717) is 61.9 Å². The predicted octanol–water partition coefficient (Wildman–Crippen LogP) is 3.57. The standard InChI is InChI=1S/C23H26N2O4/c1-15-3-4-18(13-16(15)2)23(27)25-9-7-17(8-10-25)22(26)24-19-5-6-20-21(14-19)29-12-11-28-20/h3-6,13-14,17H,7-12H2,1-2H3,(H,24,26). The van der Waals surface area contributed by atoms with E-state index in [4.69, 9.17) is 9.47 Å². The van der Waals surface area contributed by atoms with Gasteiger partial charge in [0, 0.05) is 36.3 Å². The van der Waals surface area contributed by atoms with Gasteiger partial charge in [0.25, 0.3) is 5.91 Å². The van der Waals surface area contributed by atoms with Crippen LogP contribution in [-0.2, 0) is 4.79 Å². The summed E-state index contributed by atoms with van der Waals surface area (Å²) in [5.41, 5.74) is 3.71. The summed E-state index contributed by atoms with van der Waals surface area (Å²) in [4.78, 5) is 27.3. The number of piperidine rings is 1. The molecule has 0 bridgehead atoms. The topological polar surface area (TPSA) is 67.9 Å². The number of nitrogens with zero attached hydrogens (tertiary/aromatic N) is 1. The van der Waals surface area contributed by atoms with Crippen LogP contribution in [0.1, 0.15) is 34.3 Å². The summed E-state index contributed by atoms with van der Waals surface area (Å²) in [6.07, 6.45) is 1.32. The van der Waals surface area contributed by atoms with Crippen LogP contribution in [0.4, 0.5) is 5.69 Å². The third-order valence-corrected chi connectivity index (χ3v) is 5.72. The fourth-order valence-corrected chi connectivity index (χ4v) is 3.77. The van der Waals surface area contributed by atoms with E-state index in [0.717, 1.165) is 5.56 Å². The lowest BCUT2D eigenvalue weighted by Gasteiger charge is -2.31. The SMILES string of the molecule is Cc1ccc(C(=O)N2CCC(C(=O)Nc3ccc4c(c3)OCCO4)CC2)cc1C. The quantitative estimate of drug-likeness (QED) is 0.864. The zero-order valence-electron chi connectivity index (χ0n) is 16.9. The number of benzene rings is 2. The van der Waals surface area contributed by atoms with Crippen molar-refractivity contribution in [3.05, 3.63) is 53.1 Å². The molecule has 0 aliphatic carbocycles. The first kappa shape index (κ1) is 19.3. The van der Waals surface area contributed by atoms with Gasteiger partial charge in [-0.1, -0.05) is 6.07 Å². The van der Waals surface area contributed by atoms with E-state index in [2.05, 4.69) is 5.32 Å². The Morgan fingerprint density at radius 1 is 0.931 bits per heavy atom. The Morgan fingerprint density at radius 3 is 2.38 bits per heavy atom. The highest BCUT2D eigenvalue weighted by molar-refractivity contribution is 5.95. The molecule has 2 heterocycles. The Kier molecular flexibility index (Phi) is 5.43. The van der Waals surface area contributed by atoms with Crippen LogP contribution in [0.3, 0.4) is 0 Å². The maximum absolute atomic E-state index is 12.8. The molecule has 0 radical (unpaired) electrons. The van der Waals surface area contributed by atoms with Gasteiger partial charge in [-0.2, -0.15) is 0 Å². The van der Waals surface area contributed by atoms with Gasteiger partial charge in [-0.15, -0.1) is 0 Å². The van der Waals surface area contributed by atoms with E-state index in [9.17, 15) is 9.59 Å². The highest BCUT2D eigenvalue weighted by Crippen LogP contribution is 2.33. The van der Waals surface area contributed by atoms with Gasteiger partial charge in [0.2, 0.25) is 5.91 Å². The second kappa shape index (κ2) is 8.15. The van der Waals surface area contributed by atoms with Gasteiger partial charge in [0.05, 0.1) is 0 Å². The van der Waals surface area contributed by atoms with Gasteiger partial charge in [-0.25, -0.2) is 0 Å². The lowest BCUT2D eigenvalue weighted by Crippen LogP contribution is -2.41. The average Bonchev–Trinajstić information content (AvgIpc) is 2.75. The number of amides is 2. The minimum atomic E-state index is -0.105. The summed E-state index contributed by atoms with van der Waals surface area (Å²) in [6, 6.07) is 11.2. The summed E-state index contributed by atoms with van der Waals surface area (Å²) in [5.74, 6) is 1.28. The molecule has 4 rings (SSSR count). The third kappa shape index (κ3) is 4.21. The molecule has 6 heteroatoms. The Bertz CT molecular complexity index is 932. The van der Waals surface area contributed by atoms with Crippen molar-refractivity contribution in [1.82, 2.24) is 4.90 Å². The number of nitrogens with one attached hydrogen (secondary N) is 1. The van der Waals surface area contributed by atoms with Crippen LogP contribution in [0.5, 0.6) is 11.5 Å². The van der Waals surface area contributed by atoms with Crippen LogP contribution in [0.2, 0.25) is 0 Å². The number of aryl methyl sites for hydroxylation is 2. The van der Waals surface area contributed by atoms with Crippen molar-refractivity contribution in [2.24, 2.45) is 5.92 Å². The molecular formula is C23H26N2O4. The van der Waals surface area contributed by atoms with E-state index >= 15 is 0 Å². The molecule has 1 N–H and O–H groups in total. The molecule has 0 atom stereocenters. The number of fused-ring (bicyclic) bond motifs is 1. The number of rotatable bonds is 3. The fourth-order valence-electron chi connectivity index (χ4n) is 3.77. The second-order valence-corrected chi connectivity index (χ2v) is 7.71. The monoisotopic (exact) mass is 394 g/mol. The minimum absolute atomic E-state index is 0.0139. The van der Waals surface area contributed by atoms with Crippen molar-refractivity contribution in [1.29, 1.82) is 0 Å². The van der Waals surface area contributed by atoms with Crippen molar-refractivity contribution in [2.45, 2.75) is 26.7 Å². The Labute approximate surface area is 170 Å². The van der Waals surface area contributed by atoms with Crippen LogP contribution in [0, 0.1) is 19.8 Å². The first-order valence-electron chi connectivity index (χ1n) is 10.1.